The van der Waals surface area contributed by atoms with Gasteiger partial charge in [-0.1, -0.05) is 41.6 Å². The average Bonchev–Trinajstić information content (AvgIpc) is 3.11. The number of rotatable bonds is 6. The third-order valence-corrected chi connectivity index (χ3v) is 5.01. The highest BCUT2D eigenvalue weighted by Gasteiger charge is 2.20. The van der Waals surface area contributed by atoms with Gasteiger partial charge in [0.05, 0.1) is 11.3 Å². The van der Waals surface area contributed by atoms with Gasteiger partial charge in [-0.25, -0.2) is 4.39 Å². The summed E-state index contributed by atoms with van der Waals surface area (Å²) in [7, 11) is 0. The van der Waals surface area contributed by atoms with Gasteiger partial charge >= 0.3 is 0 Å². The Labute approximate surface area is 161 Å². The summed E-state index contributed by atoms with van der Waals surface area (Å²) in [4.78, 5) is 12.4. The van der Waals surface area contributed by atoms with E-state index >= 15 is 0 Å². The quantitative estimate of drug-likeness (QED) is 0.631. The minimum absolute atomic E-state index is 0.160. The van der Waals surface area contributed by atoms with Crippen molar-refractivity contribution in [3.63, 3.8) is 0 Å². The van der Waals surface area contributed by atoms with Crippen LogP contribution in [0.4, 0.5) is 4.39 Å². The molecule has 1 N–H and O–H groups in total. The highest BCUT2D eigenvalue weighted by atomic mass is 32.2. The van der Waals surface area contributed by atoms with Gasteiger partial charge in [0.15, 0.2) is 0 Å². The van der Waals surface area contributed by atoms with Crippen LogP contribution < -0.4 is 5.32 Å². The zero-order valence-electron chi connectivity index (χ0n) is 15.3. The van der Waals surface area contributed by atoms with Gasteiger partial charge in [0, 0.05) is 5.56 Å². The van der Waals surface area contributed by atoms with Crippen molar-refractivity contribution in [3.05, 3.63) is 65.5 Å². The van der Waals surface area contributed by atoms with Crippen molar-refractivity contribution in [1.82, 2.24) is 15.5 Å². The van der Waals surface area contributed by atoms with Gasteiger partial charge in [-0.3, -0.25) is 4.79 Å². The summed E-state index contributed by atoms with van der Waals surface area (Å²) < 4.78 is 18.7. The Hall–Kier alpha value is -2.67. The van der Waals surface area contributed by atoms with Crippen molar-refractivity contribution in [3.8, 4) is 11.5 Å². The molecule has 2 aromatic carbocycles. The molecule has 7 heteroatoms. The van der Waals surface area contributed by atoms with E-state index in [2.05, 4.69) is 15.5 Å². The molecule has 27 heavy (non-hydrogen) atoms. The van der Waals surface area contributed by atoms with Crippen molar-refractivity contribution in [2.75, 3.05) is 0 Å². The number of nitrogens with zero attached hydrogens (tertiary/aromatic N) is 2. The second kappa shape index (κ2) is 8.35. The van der Waals surface area contributed by atoms with Crippen LogP contribution in [-0.2, 0) is 4.79 Å². The Bertz CT molecular complexity index is 910. The number of halogens is 1. The molecule has 0 aliphatic carbocycles. The molecular weight excluding hydrogens is 365 g/mol. The summed E-state index contributed by atoms with van der Waals surface area (Å²) in [6.45, 7) is 5.63. The van der Waals surface area contributed by atoms with E-state index in [0.717, 1.165) is 16.7 Å². The summed E-state index contributed by atoms with van der Waals surface area (Å²) in [6.07, 6.45) is 0. The summed E-state index contributed by atoms with van der Waals surface area (Å²) in [5, 5.41) is 10.9. The summed E-state index contributed by atoms with van der Waals surface area (Å²) >= 11 is 1.20. The zero-order valence-corrected chi connectivity index (χ0v) is 16.1. The smallest absolute Gasteiger partial charge is 0.277 e. The van der Waals surface area contributed by atoms with Crippen molar-refractivity contribution in [1.29, 1.82) is 0 Å². The molecule has 1 aromatic heterocycles. The maximum Gasteiger partial charge on any atom is 0.277 e. The lowest BCUT2D eigenvalue weighted by Gasteiger charge is -2.16. The lowest BCUT2D eigenvalue weighted by molar-refractivity contribution is -0.120. The van der Waals surface area contributed by atoms with Crippen LogP contribution in [0.2, 0.25) is 0 Å². The van der Waals surface area contributed by atoms with Gasteiger partial charge < -0.3 is 9.73 Å². The van der Waals surface area contributed by atoms with E-state index in [4.69, 9.17) is 4.42 Å². The van der Waals surface area contributed by atoms with E-state index in [1.165, 1.54) is 23.9 Å². The lowest BCUT2D eigenvalue weighted by atomic mass is 10.1. The van der Waals surface area contributed by atoms with Gasteiger partial charge in [-0.05, 0) is 50.6 Å². The van der Waals surface area contributed by atoms with E-state index in [1.807, 2.05) is 38.1 Å². The third-order valence-electron chi connectivity index (χ3n) is 4.08. The predicted molar refractivity (Wildman–Crippen MR) is 103 cm³/mol. The topological polar surface area (TPSA) is 68.0 Å². The van der Waals surface area contributed by atoms with Gasteiger partial charge in [0.25, 0.3) is 5.22 Å². The summed E-state index contributed by atoms with van der Waals surface area (Å²) in [5.74, 6) is -0.0429. The number of aryl methyl sites for hydroxylation is 1. The number of hydrogen-bond acceptors (Lipinski definition) is 5. The molecular formula is C20H20FN3O2S. The fraction of sp³-hybridized carbons (Fsp3) is 0.250. The number of amides is 1. The summed E-state index contributed by atoms with van der Waals surface area (Å²) in [5.41, 5.74) is 2.82. The van der Waals surface area contributed by atoms with Crippen LogP contribution in [0.25, 0.3) is 11.5 Å². The molecule has 0 saturated heterocycles. The fourth-order valence-corrected chi connectivity index (χ4v) is 3.13. The molecule has 1 amide bonds. The van der Waals surface area contributed by atoms with E-state index < -0.39 is 5.25 Å². The molecule has 5 nitrogen and oxygen atoms in total. The van der Waals surface area contributed by atoms with Crippen LogP contribution in [0.15, 0.2) is 58.2 Å². The first-order valence-corrected chi connectivity index (χ1v) is 9.43. The van der Waals surface area contributed by atoms with Crippen molar-refractivity contribution in [2.45, 2.75) is 37.3 Å². The molecule has 0 aliphatic rings. The van der Waals surface area contributed by atoms with Crippen LogP contribution >= 0.6 is 11.8 Å². The highest BCUT2D eigenvalue weighted by Crippen LogP contribution is 2.26. The minimum atomic E-state index is -0.417. The van der Waals surface area contributed by atoms with Gasteiger partial charge in [-0.15, -0.1) is 10.2 Å². The number of hydrogen-bond donors (Lipinski definition) is 1. The molecule has 0 bridgehead atoms. The number of aromatic nitrogens is 2. The number of nitrogens with one attached hydrogen (secondary N) is 1. The van der Waals surface area contributed by atoms with Gasteiger partial charge in [0.1, 0.15) is 5.82 Å². The first-order valence-electron chi connectivity index (χ1n) is 8.55. The minimum Gasteiger partial charge on any atom is -0.411 e. The molecule has 3 rings (SSSR count). The molecule has 1 heterocycles. The van der Waals surface area contributed by atoms with Crippen LogP contribution in [0.3, 0.4) is 0 Å². The van der Waals surface area contributed by atoms with Gasteiger partial charge in [-0.2, -0.15) is 0 Å². The standard InChI is InChI=1S/C20H20FN3O2S/c1-12-4-6-16(7-5-12)19-23-24-20(26-19)27-14(3)18(25)22-13(2)15-8-10-17(21)11-9-15/h4-11,13-14H,1-3H3,(H,22,25)/t13-,14-/m0/s1. The number of benzene rings is 2. The largest absolute Gasteiger partial charge is 0.411 e. The molecule has 2 atom stereocenters. The van der Waals surface area contributed by atoms with Crippen molar-refractivity contribution >= 4 is 17.7 Å². The SMILES string of the molecule is Cc1ccc(-c2nnc(S[C@@H](C)C(=O)N[C@@H](C)c3ccc(F)cc3)o2)cc1. The predicted octanol–water partition coefficient (Wildman–Crippen LogP) is 4.54. The molecule has 0 fully saturated rings. The van der Waals surface area contributed by atoms with E-state index in [0.29, 0.717) is 11.1 Å². The average molecular weight is 385 g/mol. The molecule has 140 valence electrons. The Balaban J connectivity index is 1.59. The second-order valence-corrected chi connectivity index (χ2v) is 7.57. The number of carbonyl (C=O) groups is 1. The highest BCUT2D eigenvalue weighted by molar-refractivity contribution is 8.00. The van der Waals surface area contributed by atoms with E-state index in [9.17, 15) is 9.18 Å². The molecule has 3 aromatic rings. The first-order chi connectivity index (χ1) is 12.9. The maximum absolute atomic E-state index is 13.0. The Morgan fingerprint density at radius 3 is 2.41 bits per heavy atom. The molecule has 0 unspecified atom stereocenters. The van der Waals surface area contributed by atoms with Crippen LogP contribution in [0.5, 0.6) is 0 Å². The van der Waals surface area contributed by atoms with Crippen LogP contribution in [0.1, 0.15) is 31.0 Å². The fourth-order valence-electron chi connectivity index (χ4n) is 2.44. The molecule has 0 aliphatic heterocycles. The van der Waals surface area contributed by atoms with Crippen molar-refractivity contribution < 1.29 is 13.6 Å². The van der Waals surface area contributed by atoms with Gasteiger partial charge in [0.2, 0.25) is 11.8 Å². The lowest BCUT2D eigenvalue weighted by Crippen LogP contribution is -2.33. The molecule has 0 spiro atoms. The van der Waals surface area contributed by atoms with Crippen molar-refractivity contribution in [2.24, 2.45) is 0 Å². The first kappa shape index (κ1) is 19.1. The second-order valence-electron chi connectivity index (χ2n) is 6.28. The molecule has 0 radical (unpaired) electrons. The van der Waals surface area contributed by atoms with E-state index in [1.54, 1.807) is 19.1 Å². The number of carbonyl (C=O) groups excluding carboxylic acids is 1. The normalized spacial score (nSPS) is 13.2. The van der Waals surface area contributed by atoms with E-state index in [-0.39, 0.29) is 17.8 Å². The maximum atomic E-state index is 13.0. The number of thioether (sulfide) groups is 1. The molecule has 0 saturated carbocycles. The Kier molecular flexibility index (Phi) is 5.91. The zero-order chi connectivity index (χ0) is 19.4. The third kappa shape index (κ3) is 4.95. The summed E-state index contributed by atoms with van der Waals surface area (Å²) in [6, 6.07) is 13.6. The Morgan fingerprint density at radius 2 is 1.74 bits per heavy atom. The van der Waals surface area contributed by atoms with Crippen LogP contribution in [0, 0.1) is 12.7 Å². The monoisotopic (exact) mass is 385 g/mol. The Morgan fingerprint density at radius 1 is 1.07 bits per heavy atom. The van der Waals surface area contributed by atoms with Crippen LogP contribution in [-0.4, -0.2) is 21.4 Å².